The molecule has 0 spiro atoms. The standard InChI is InChI=1S/C14H11F3N4O2S/c1-8(9-2-4-10(5-3-9)23-14(15,16)17)19-12-20-21-11(22)6-7-18-13(21)24-12/h2-8H,1H3,(H,19,20)/t8-/m0/s1. The van der Waals surface area contributed by atoms with Crippen LogP contribution in [0.5, 0.6) is 5.75 Å². The van der Waals surface area contributed by atoms with E-state index in [0.717, 1.165) is 5.56 Å². The number of alkyl halides is 3. The first-order valence-corrected chi connectivity index (χ1v) is 7.60. The molecule has 0 fully saturated rings. The normalized spacial score (nSPS) is 13.0. The van der Waals surface area contributed by atoms with Crippen molar-refractivity contribution in [3.05, 3.63) is 52.4 Å². The van der Waals surface area contributed by atoms with E-state index in [2.05, 4.69) is 20.1 Å². The number of ether oxygens (including phenoxy) is 1. The van der Waals surface area contributed by atoms with Crippen LogP contribution >= 0.6 is 11.3 Å². The van der Waals surface area contributed by atoms with Crippen molar-refractivity contribution in [2.45, 2.75) is 19.3 Å². The van der Waals surface area contributed by atoms with Crippen molar-refractivity contribution >= 4 is 21.4 Å². The van der Waals surface area contributed by atoms with Gasteiger partial charge in [0.15, 0.2) is 0 Å². The zero-order valence-corrected chi connectivity index (χ0v) is 13.1. The smallest absolute Gasteiger partial charge is 0.406 e. The van der Waals surface area contributed by atoms with E-state index < -0.39 is 6.36 Å². The van der Waals surface area contributed by atoms with Crippen LogP contribution in [0.4, 0.5) is 18.3 Å². The first-order chi connectivity index (χ1) is 11.3. The fraction of sp³-hybridized carbons (Fsp3) is 0.214. The van der Waals surface area contributed by atoms with Crippen molar-refractivity contribution in [2.24, 2.45) is 0 Å². The second kappa shape index (κ2) is 6.11. The van der Waals surface area contributed by atoms with Crippen LogP contribution in [0.2, 0.25) is 0 Å². The summed E-state index contributed by atoms with van der Waals surface area (Å²) in [5.41, 5.74) is 0.453. The maximum absolute atomic E-state index is 12.1. The molecular formula is C14H11F3N4O2S. The lowest BCUT2D eigenvalue weighted by atomic mass is 10.1. The third kappa shape index (κ3) is 3.65. The van der Waals surface area contributed by atoms with Gasteiger partial charge in [-0.1, -0.05) is 23.5 Å². The number of fused-ring (bicyclic) bond motifs is 1. The van der Waals surface area contributed by atoms with Gasteiger partial charge < -0.3 is 10.1 Å². The average Bonchev–Trinajstić information content (AvgIpc) is 2.90. The minimum atomic E-state index is -4.72. The van der Waals surface area contributed by atoms with Crippen LogP contribution in [0, 0.1) is 0 Å². The van der Waals surface area contributed by atoms with E-state index in [4.69, 9.17) is 0 Å². The Morgan fingerprint density at radius 2 is 1.96 bits per heavy atom. The quantitative estimate of drug-likeness (QED) is 0.777. The summed E-state index contributed by atoms with van der Waals surface area (Å²) in [5, 5.41) is 7.69. The van der Waals surface area contributed by atoms with Crippen molar-refractivity contribution in [3.63, 3.8) is 0 Å². The third-order valence-electron chi connectivity index (χ3n) is 3.12. The first-order valence-electron chi connectivity index (χ1n) is 6.79. The van der Waals surface area contributed by atoms with Crippen LogP contribution in [-0.2, 0) is 0 Å². The number of benzene rings is 1. The van der Waals surface area contributed by atoms with Gasteiger partial charge in [0.1, 0.15) is 5.75 Å². The van der Waals surface area contributed by atoms with Crippen molar-refractivity contribution in [1.29, 1.82) is 0 Å². The van der Waals surface area contributed by atoms with Crippen molar-refractivity contribution in [3.8, 4) is 5.75 Å². The van der Waals surface area contributed by atoms with Gasteiger partial charge in [-0.3, -0.25) is 4.79 Å². The number of anilines is 1. The highest BCUT2D eigenvalue weighted by Crippen LogP contribution is 2.26. The van der Waals surface area contributed by atoms with Gasteiger partial charge in [-0.15, -0.1) is 18.3 Å². The maximum Gasteiger partial charge on any atom is 0.573 e. The molecule has 0 aliphatic carbocycles. The number of hydrogen-bond donors (Lipinski definition) is 1. The van der Waals surface area contributed by atoms with Crippen molar-refractivity contribution in [1.82, 2.24) is 14.6 Å². The van der Waals surface area contributed by atoms with Crippen LogP contribution in [0.3, 0.4) is 0 Å². The molecule has 0 aliphatic rings. The molecular weight excluding hydrogens is 345 g/mol. The molecule has 0 saturated carbocycles. The molecule has 6 nitrogen and oxygen atoms in total. The zero-order chi connectivity index (χ0) is 17.3. The molecule has 1 aromatic carbocycles. The second-order valence-electron chi connectivity index (χ2n) is 4.87. The Morgan fingerprint density at radius 3 is 2.58 bits per heavy atom. The highest BCUT2D eigenvalue weighted by molar-refractivity contribution is 7.20. The SMILES string of the molecule is C[C@H](Nc1nn2c(=O)ccnc2s1)c1ccc(OC(F)(F)F)cc1. The van der Waals surface area contributed by atoms with Crippen LogP contribution in [0.15, 0.2) is 41.3 Å². The summed E-state index contributed by atoms with van der Waals surface area (Å²) < 4.78 is 41.5. The predicted molar refractivity (Wildman–Crippen MR) is 82.3 cm³/mol. The Hall–Kier alpha value is -2.62. The highest BCUT2D eigenvalue weighted by atomic mass is 32.1. The molecule has 10 heteroatoms. The molecule has 126 valence electrons. The van der Waals surface area contributed by atoms with Crippen LogP contribution in [-0.4, -0.2) is 21.0 Å². The summed E-state index contributed by atoms with van der Waals surface area (Å²) >= 11 is 1.20. The molecule has 1 atom stereocenters. The third-order valence-corrected chi connectivity index (χ3v) is 3.98. The number of hydrogen-bond acceptors (Lipinski definition) is 6. The largest absolute Gasteiger partial charge is 0.573 e. The average molecular weight is 356 g/mol. The summed E-state index contributed by atoms with van der Waals surface area (Å²) in [6.45, 7) is 1.82. The Labute approximate surface area is 137 Å². The fourth-order valence-electron chi connectivity index (χ4n) is 2.03. The van der Waals surface area contributed by atoms with Crippen molar-refractivity contribution in [2.75, 3.05) is 5.32 Å². The van der Waals surface area contributed by atoms with Gasteiger partial charge in [0.2, 0.25) is 10.1 Å². The van der Waals surface area contributed by atoms with Gasteiger partial charge >= 0.3 is 6.36 Å². The van der Waals surface area contributed by atoms with Crippen LogP contribution in [0.25, 0.3) is 4.96 Å². The van der Waals surface area contributed by atoms with E-state index in [1.807, 2.05) is 6.92 Å². The monoisotopic (exact) mass is 356 g/mol. The molecule has 3 rings (SSSR count). The van der Waals surface area contributed by atoms with E-state index in [-0.39, 0.29) is 17.4 Å². The summed E-state index contributed by atoms with van der Waals surface area (Å²) in [6.07, 6.45) is -3.31. The number of rotatable bonds is 4. The maximum atomic E-state index is 12.1. The lowest BCUT2D eigenvalue weighted by molar-refractivity contribution is -0.274. The highest BCUT2D eigenvalue weighted by Gasteiger charge is 2.31. The fourth-order valence-corrected chi connectivity index (χ4v) is 2.89. The van der Waals surface area contributed by atoms with E-state index in [9.17, 15) is 18.0 Å². The Bertz CT molecular complexity index is 905. The minimum absolute atomic E-state index is 0.235. The molecule has 2 heterocycles. The lowest BCUT2D eigenvalue weighted by Crippen LogP contribution is -2.17. The summed E-state index contributed by atoms with van der Waals surface area (Å²) in [7, 11) is 0. The minimum Gasteiger partial charge on any atom is -0.406 e. The number of aromatic nitrogens is 3. The Kier molecular flexibility index (Phi) is 4.14. The van der Waals surface area contributed by atoms with Gasteiger partial charge in [0.05, 0.1) is 6.04 Å². The molecule has 1 N–H and O–H groups in total. The van der Waals surface area contributed by atoms with Crippen LogP contribution < -0.4 is 15.6 Å². The van der Waals surface area contributed by atoms with Gasteiger partial charge in [0, 0.05) is 12.3 Å². The first kappa shape index (κ1) is 16.2. The molecule has 0 radical (unpaired) electrons. The van der Waals surface area contributed by atoms with Gasteiger partial charge in [-0.25, -0.2) is 4.98 Å². The Balaban J connectivity index is 1.75. The molecule has 3 aromatic rings. The molecule has 2 aromatic heterocycles. The van der Waals surface area contributed by atoms with Crippen LogP contribution in [0.1, 0.15) is 18.5 Å². The van der Waals surface area contributed by atoms with E-state index >= 15 is 0 Å². The van der Waals surface area contributed by atoms with Crippen molar-refractivity contribution < 1.29 is 17.9 Å². The van der Waals surface area contributed by atoms with Gasteiger partial charge in [-0.05, 0) is 24.6 Å². The molecule has 0 aliphatic heterocycles. The topological polar surface area (TPSA) is 68.5 Å². The number of nitrogens with zero attached hydrogens (tertiary/aromatic N) is 3. The number of halogens is 3. The summed E-state index contributed by atoms with van der Waals surface area (Å²) in [6, 6.07) is 6.60. The Morgan fingerprint density at radius 1 is 1.25 bits per heavy atom. The summed E-state index contributed by atoms with van der Waals surface area (Å²) in [5.74, 6) is -0.283. The predicted octanol–water partition coefficient (Wildman–Crippen LogP) is 3.22. The van der Waals surface area contributed by atoms with E-state index in [0.29, 0.717) is 10.1 Å². The molecule has 0 saturated heterocycles. The molecule has 0 unspecified atom stereocenters. The molecule has 24 heavy (non-hydrogen) atoms. The van der Waals surface area contributed by atoms with Gasteiger partial charge in [0.25, 0.3) is 5.56 Å². The second-order valence-corrected chi connectivity index (χ2v) is 5.82. The van der Waals surface area contributed by atoms with E-state index in [1.54, 1.807) is 0 Å². The lowest BCUT2D eigenvalue weighted by Gasteiger charge is -2.14. The van der Waals surface area contributed by atoms with E-state index in [1.165, 1.54) is 52.4 Å². The molecule has 0 bridgehead atoms. The van der Waals surface area contributed by atoms with Gasteiger partial charge in [-0.2, -0.15) is 4.52 Å². The summed E-state index contributed by atoms with van der Waals surface area (Å²) in [4.78, 5) is 16.1. The number of nitrogens with one attached hydrogen (secondary N) is 1. The zero-order valence-electron chi connectivity index (χ0n) is 12.2. The molecule has 0 amide bonds.